The van der Waals surface area contributed by atoms with E-state index in [1.165, 1.54) is 58.9 Å². The Morgan fingerprint density at radius 3 is 1.82 bits per heavy atom. The predicted octanol–water partition coefficient (Wildman–Crippen LogP) is 14.2. The van der Waals surface area contributed by atoms with Crippen LogP contribution in [-0.2, 0) is 6.42 Å². The van der Waals surface area contributed by atoms with Gasteiger partial charge in [0, 0.05) is 54.6 Å². The first-order chi connectivity index (χ1) is 25.3. The Hall–Kier alpha value is -6.16. The van der Waals surface area contributed by atoms with E-state index in [9.17, 15) is 0 Å². The third-order valence-corrected chi connectivity index (χ3v) is 11.3. The van der Waals surface area contributed by atoms with Crippen molar-refractivity contribution in [2.45, 2.75) is 12.8 Å². The first kappa shape index (κ1) is 29.7. The lowest BCUT2D eigenvalue weighted by Crippen LogP contribution is -2.09. The summed E-state index contributed by atoms with van der Waals surface area (Å²) in [4.78, 5) is 2.37. The number of thiophene rings is 1. The number of benzene rings is 7. The number of anilines is 3. The summed E-state index contributed by atoms with van der Waals surface area (Å²) < 4.78 is 9.06. The Labute approximate surface area is 301 Å². The molecule has 0 unspecified atom stereocenters. The quantitative estimate of drug-likeness (QED) is 0.175. The summed E-state index contributed by atoms with van der Waals surface area (Å²) >= 11 is 1.85. The van der Waals surface area contributed by atoms with Crippen LogP contribution in [0.25, 0.3) is 70.6 Å². The third-order valence-electron chi connectivity index (χ3n) is 10.1. The van der Waals surface area contributed by atoms with E-state index >= 15 is 0 Å². The molecule has 10 rings (SSSR count). The fraction of sp³-hybridized carbons (Fsp3) is 0.0417. The van der Waals surface area contributed by atoms with Crippen molar-refractivity contribution in [2.24, 2.45) is 0 Å². The third kappa shape index (κ3) is 5.26. The zero-order valence-corrected chi connectivity index (χ0v) is 28.7. The van der Waals surface area contributed by atoms with E-state index in [2.05, 4.69) is 181 Å². The van der Waals surface area contributed by atoms with Crippen LogP contribution in [0.2, 0.25) is 0 Å². The van der Waals surface area contributed by atoms with Gasteiger partial charge in [0.05, 0.1) is 0 Å². The van der Waals surface area contributed by atoms with Crippen molar-refractivity contribution in [3.8, 4) is 33.4 Å². The van der Waals surface area contributed by atoms with Crippen LogP contribution in [0.1, 0.15) is 17.7 Å². The molecule has 0 amide bonds. The van der Waals surface area contributed by atoms with Crippen LogP contribution < -0.4 is 4.90 Å². The van der Waals surface area contributed by atoms with Gasteiger partial charge in [0.25, 0.3) is 0 Å². The Morgan fingerprint density at radius 1 is 0.471 bits per heavy atom. The molecule has 0 bridgehead atoms. The molecule has 2 nitrogen and oxygen atoms in total. The topological polar surface area (TPSA) is 16.4 Å². The Kier molecular flexibility index (Phi) is 7.18. The average Bonchev–Trinajstić information content (AvgIpc) is 3.76. The van der Waals surface area contributed by atoms with Crippen LogP contribution in [-0.4, -0.2) is 0 Å². The molecule has 0 fully saturated rings. The lowest BCUT2D eigenvalue weighted by molar-refractivity contribution is 0.546. The predicted molar refractivity (Wildman–Crippen MR) is 217 cm³/mol. The molecule has 0 N–H and O–H groups in total. The second-order valence-electron chi connectivity index (χ2n) is 13.2. The lowest BCUT2D eigenvalue weighted by atomic mass is 9.91. The van der Waals surface area contributed by atoms with Gasteiger partial charge in [-0.2, -0.15) is 0 Å². The van der Waals surface area contributed by atoms with Crippen LogP contribution in [0.3, 0.4) is 0 Å². The Bertz CT molecular complexity index is 2720. The number of furan rings is 1. The van der Waals surface area contributed by atoms with Crippen LogP contribution in [0, 0.1) is 0 Å². The molecule has 1 aliphatic rings. The fourth-order valence-electron chi connectivity index (χ4n) is 7.62. The van der Waals surface area contributed by atoms with Gasteiger partial charge in [-0.3, -0.25) is 0 Å². The highest BCUT2D eigenvalue weighted by Gasteiger charge is 2.20. The van der Waals surface area contributed by atoms with E-state index in [1.54, 1.807) is 0 Å². The zero-order valence-electron chi connectivity index (χ0n) is 27.9. The van der Waals surface area contributed by atoms with E-state index in [4.69, 9.17) is 4.42 Å². The van der Waals surface area contributed by atoms with Crippen LogP contribution >= 0.6 is 11.3 Å². The SMILES string of the molecule is C1=Cc2c(oc3cc(-c4ccc(N(c5ccc(-c6ccccc6)cc5)c5ccc6c(c5)sc5ccccc56)cc4)c(-c4ccccc4)cc23)CC1. The van der Waals surface area contributed by atoms with Crippen molar-refractivity contribution in [1.82, 2.24) is 0 Å². The molecule has 51 heavy (non-hydrogen) atoms. The highest BCUT2D eigenvalue weighted by atomic mass is 32.1. The van der Waals surface area contributed by atoms with E-state index in [0.717, 1.165) is 46.8 Å². The minimum atomic E-state index is 0.945. The van der Waals surface area contributed by atoms with Gasteiger partial charge in [0.1, 0.15) is 11.3 Å². The van der Waals surface area contributed by atoms with Gasteiger partial charge in [0.15, 0.2) is 0 Å². The van der Waals surface area contributed by atoms with Gasteiger partial charge in [-0.05, 0) is 94.4 Å². The van der Waals surface area contributed by atoms with Crippen molar-refractivity contribution >= 4 is 65.6 Å². The summed E-state index contributed by atoms with van der Waals surface area (Å²) in [5, 5.41) is 3.79. The van der Waals surface area contributed by atoms with Crippen LogP contribution in [0.15, 0.2) is 174 Å². The van der Waals surface area contributed by atoms with Crippen LogP contribution in [0.4, 0.5) is 17.1 Å². The second kappa shape index (κ2) is 12.3. The van der Waals surface area contributed by atoms with Gasteiger partial charge in [0.2, 0.25) is 0 Å². The number of nitrogens with zero attached hydrogens (tertiary/aromatic N) is 1. The number of allylic oxidation sites excluding steroid dienone is 1. The molecule has 2 heterocycles. The molecule has 0 radical (unpaired) electrons. The number of hydrogen-bond donors (Lipinski definition) is 0. The van der Waals surface area contributed by atoms with Gasteiger partial charge in [-0.1, -0.05) is 121 Å². The minimum absolute atomic E-state index is 0.945. The molecule has 1 aliphatic carbocycles. The Morgan fingerprint density at radius 2 is 1.06 bits per heavy atom. The summed E-state index contributed by atoms with van der Waals surface area (Å²) in [6.45, 7) is 0. The molecule has 0 atom stereocenters. The largest absolute Gasteiger partial charge is 0.460 e. The summed E-state index contributed by atoms with van der Waals surface area (Å²) in [5.74, 6) is 1.09. The second-order valence-corrected chi connectivity index (χ2v) is 14.3. The highest BCUT2D eigenvalue weighted by molar-refractivity contribution is 7.25. The summed E-state index contributed by atoms with van der Waals surface area (Å²) in [7, 11) is 0. The maximum Gasteiger partial charge on any atom is 0.135 e. The monoisotopic (exact) mass is 671 g/mol. The van der Waals surface area contributed by atoms with Crippen molar-refractivity contribution in [3.63, 3.8) is 0 Å². The van der Waals surface area contributed by atoms with Crippen molar-refractivity contribution in [2.75, 3.05) is 4.90 Å². The van der Waals surface area contributed by atoms with Crippen molar-refractivity contribution < 1.29 is 4.42 Å². The maximum atomic E-state index is 6.46. The number of fused-ring (bicyclic) bond motifs is 6. The van der Waals surface area contributed by atoms with E-state index in [-0.39, 0.29) is 0 Å². The molecule has 0 saturated carbocycles. The number of rotatable bonds is 6. The lowest BCUT2D eigenvalue weighted by Gasteiger charge is -2.26. The smallest absolute Gasteiger partial charge is 0.135 e. The molecular formula is C48H33NOS. The van der Waals surface area contributed by atoms with E-state index in [0.29, 0.717) is 0 Å². The maximum absolute atomic E-state index is 6.46. The van der Waals surface area contributed by atoms with Crippen molar-refractivity contribution in [3.05, 3.63) is 181 Å². The van der Waals surface area contributed by atoms with Crippen LogP contribution in [0.5, 0.6) is 0 Å². The normalized spacial score (nSPS) is 12.5. The molecule has 0 saturated heterocycles. The fourth-order valence-corrected chi connectivity index (χ4v) is 8.76. The number of hydrogen-bond acceptors (Lipinski definition) is 3. The molecule has 2 aromatic heterocycles. The summed E-state index contributed by atoms with van der Waals surface area (Å²) in [6.07, 6.45) is 6.45. The average molecular weight is 672 g/mol. The summed E-state index contributed by atoms with van der Waals surface area (Å²) in [6, 6.07) is 59.4. The van der Waals surface area contributed by atoms with Gasteiger partial charge in [-0.15, -0.1) is 11.3 Å². The molecular weight excluding hydrogens is 639 g/mol. The number of aryl methyl sites for hydroxylation is 1. The van der Waals surface area contributed by atoms with Gasteiger partial charge in [-0.25, -0.2) is 0 Å². The standard InChI is InChI=1S/C48H33NOS/c1-3-11-32(12-4-1)33-19-23-36(24-20-33)49(38-27-28-41-40-16-8-10-18-47(40)51-48(41)29-38)37-25-21-35(22-26-37)43-31-46-44(39-15-7-9-17-45(39)50-46)30-42(43)34-13-5-2-6-14-34/h1-8,10-16,18-31H,9,17H2. The van der Waals surface area contributed by atoms with Gasteiger partial charge < -0.3 is 9.32 Å². The molecule has 0 aliphatic heterocycles. The van der Waals surface area contributed by atoms with E-state index < -0.39 is 0 Å². The molecule has 0 spiro atoms. The molecule has 3 heteroatoms. The minimum Gasteiger partial charge on any atom is -0.460 e. The zero-order chi connectivity index (χ0) is 33.7. The van der Waals surface area contributed by atoms with E-state index in [1.807, 2.05) is 11.3 Å². The summed E-state index contributed by atoms with van der Waals surface area (Å²) in [5.41, 5.74) is 12.7. The van der Waals surface area contributed by atoms with Gasteiger partial charge >= 0.3 is 0 Å². The first-order valence-corrected chi connectivity index (χ1v) is 18.4. The molecule has 7 aromatic carbocycles. The van der Waals surface area contributed by atoms with Crippen molar-refractivity contribution in [1.29, 1.82) is 0 Å². The molecule has 242 valence electrons. The first-order valence-electron chi connectivity index (χ1n) is 17.6. The Balaban J connectivity index is 1.10. The molecule has 9 aromatic rings. The highest BCUT2D eigenvalue weighted by Crippen LogP contribution is 2.43.